The Hall–Kier alpha value is -4.02. The second-order valence-corrected chi connectivity index (χ2v) is 10.1. The highest BCUT2D eigenvalue weighted by Gasteiger charge is 2.33. The number of likely N-dealkylation sites (tertiary alicyclic amines) is 1. The van der Waals surface area contributed by atoms with E-state index >= 15 is 0 Å². The van der Waals surface area contributed by atoms with Crippen LogP contribution in [0.1, 0.15) is 41.2 Å². The summed E-state index contributed by atoms with van der Waals surface area (Å²) in [6, 6.07) is 7.99. The fraction of sp³-hybridized carbons (Fsp3) is 0.393. The van der Waals surface area contributed by atoms with Crippen molar-refractivity contribution >= 4 is 40.2 Å². The molecule has 5 rings (SSSR count). The van der Waals surface area contributed by atoms with E-state index < -0.39 is 17.6 Å². The molecule has 206 valence electrons. The van der Waals surface area contributed by atoms with Crippen LogP contribution in [0.3, 0.4) is 0 Å². The van der Waals surface area contributed by atoms with Crippen LogP contribution in [0.25, 0.3) is 11.0 Å². The third-order valence-electron chi connectivity index (χ3n) is 7.54. The minimum absolute atomic E-state index is 0.119. The van der Waals surface area contributed by atoms with E-state index in [1.54, 1.807) is 4.90 Å². The summed E-state index contributed by atoms with van der Waals surface area (Å²) in [6.45, 7) is 6.25. The van der Waals surface area contributed by atoms with Gasteiger partial charge in [-0.2, -0.15) is 13.2 Å². The largest absolute Gasteiger partial charge is 0.416 e. The molecule has 1 atom stereocenters. The number of halogens is 3. The van der Waals surface area contributed by atoms with Gasteiger partial charge in [0.2, 0.25) is 11.9 Å². The van der Waals surface area contributed by atoms with Gasteiger partial charge in [0, 0.05) is 45.8 Å². The van der Waals surface area contributed by atoms with E-state index in [4.69, 9.17) is 4.98 Å². The van der Waals surface area contributed by atoms with Crippen LogP contribution in [0, 0.1) is 0 Å². The summed E-state index contributed by atoms with van der Waals surface area (Å²) < 4.78 is 41.9. The predicted molar refractivity (Wildman–Crippen MR) is 145 cm³/mol. The standard InChI is InChI=1S/C28H31F3N6O2/c1-4-23(38)36-13-6-5-10-20(17-36)37-24-21(11-12-22-25(24)35(3)15-14-34(22)2)32-27(37)33-26(39)18-8-7-9-19(16-18)28(29,30)31/h4,7-9,11-12,16,20H,1,5-6,10,13-15,17H2,2-3H3,(H,32,33,39)/t20-/m1/s1. The number of benzene rings is 2. The van der Waals surface area contributed by atoms with Crippen LogP contribution in [0.15, 0.2) is 49.1 Å². The Morgan fingerprint density at radius 3 is 2.59 bits per heavy atom. The summed E-state index contributed by atoms with van der Waals surface area (Å²) in [5, 5.41) is 2.79. The zero-order valence-corrected chi connectivity index (χ0v) is 22.0. The second-order valence-electron chi connectivity index (χ2n) is 10.1. The molecule has 2 aliphatic heterocycles. The van der Waals surface area contributed by atoms with Gasteiger partial charge in [-0.3, -0.25) is 14.9 Å². The summed E-state index contributed by atoms with van der Waals surface area (Å²) >= 11 is 0. The molecular weight excluding hydrogens is 509 g/mol. The summed E-state index contributed by atoms with van der Waals surface area (Å²) in [5.41, 5.74) is 2.43. The predicted octanol–water partition coefficient (Wildman–Crippen LogP) is 4.93. The Morgan fingerprint density at radius 2 is 1.85 bits per heavy atom. The molecule has 2 aromatic carbocycles. The van der Waals surface area contributed by atoms with Gasteiger partial charge in [0.25, 0.3) is 5.91 Å². The van der Waals surface area contributed by atoms with Crippen molar-refractivity contribution in [3.63, 3.8) is 0 Å². The lowest BCUT2D eigenvalue weighted by Gasteiger charge is -2.36. The van der Waals surface area contributed by atoms with Gasteiger partial charge in [0.15, 0.2) is 0 Å². The first-order valence-corrected chi connectivity index (χ1v) is 13.0. The smallest absolute Gasteiger partial charge is 0.371 e. The zero-order chi connectivity index (χ0) is 27.9. The molecule has 0 radical (unpaired) electrons. The van der Waals surface area contributed by atoms with Crippen LogP contribution in [0.5, 0.6) is 0 Å². The van der Waals surface area contributed by atoms with E-state index in [2.05, 4.69) is 21.7 Å². The van der Waals surface area contributed by atoms with Crippen molar-refractivity contribution in [2.24, 2.45) is 0 Å². The van der Waals surface area contributed by atoms with E-state index in [1.165, 1.54) is 18.2 Å². The summed E-state index contributed by atoms with van der Waals surface area (Å²) in [4.78, 5) is 36.7. The quantitative estimate of drug-likeness (QED) is 0.475. The van der Waals surface area contributed by atoms with E-state index in [-0.39, 0.29) is 23.5 Å². The van der Waals surface area contributed by atoms with Gasteiger partial charge < -0.3 is 19.3 Å². The molecule has 0 unspecified atom stereocenters. The van der Waals surface area contributed by atoms with Crippen LogP contribution >= 0.6 is 0 Å². The lowest BCUT2D eigenvalue weighted by molar-refractivity contribution is -0.137. The lowest BCUT2D eigenvalue weighted by atomic mass is 10.1. The highest BCUT2D eigenvalue weighted by Crippen LogP contribution is 2.42. The monoisotopic (exact) mass is 540 g/mol. The number of aromatic nitrogens is 2. The Bertz CT molecular complexity index is 1430. The summed E-state index contributed by atoms with van der Waals surface area (Å²) in [7, 11) is 4.02. The molecule has 0 bridgehead atoms. The summed E-state index contributed by atoms with van der Waals surface area (Å²) in [5.74, 6) is -0.621. The number of hydrogen-bond acceptors (Lipinski definition) is 5. The Kier molecular flexibility index (Phi) is 7.00. The molecule has 8 nitrogen and oxygen atoms in total. The first-order valence-electron chi connectivity index (χ1n) is 13.0. The number of carbonyl (C=O) groups is 2. The number of nitrogens with one attached hydrogen (secondary N) is 1. The maximum absolute atomic E-state index is 13.3. The van der Waals surface area contributed by atoms with Crippen molar-refractivity contribution in [3.05, 3.63) is 60.2 Å². The van der Waals surface area contributed by atoms with Gasteiger partial charge in [0.1, 0.15) is 0 Å². The highest BCUT2D eigenvalue weighted by molar-refractivity contribution is 6.06. The number of amides is 2. The van der Waals surface area contributed by atoms with Crippen molar-refractivity contribution in [3.8, 4) is 0 Å². The molecule has 1 saturated heterocycles. The number of likely N-dealkylation sites (N-methyl/N-ethyl adjacent to an activating group) is 2. The van der Waals surface area contributed by atoms with Gasteiger partial charge in [-0.15, -0.1) is 0 Å². The van der Waals surface area contributed by atoms with Crippen molar-refractivity contribution in [2.45, 2.75) is 31.5 Å². The fourth-order valence-electron chi connectivity index (χ4n) is 5.49. The molecule has 11 heteroatoms. The second kappa shape index (κ2) is 10.3. The first-order chi connectivity index (χ1) is 18.6. The molecule has 0 saturated carbocycles. The van der Waals surface area contributed by atoms with Crippen molar-refractivity contribution in [2.75, 3.05) is 55.4 Å². The third kappa shape index (κ3) is 5.05. The lowest BCUT2D eigenvalue weighted by Crippen LogP contribution is -2.37. The zero-order valence-electron chi connectivity index (χ0n) is 22.0. The summed E-state index contributed by atoms with van der Waals surface area (Å²) in [6.07, 6.45) is -0.843. The van der Waals surface area contributed by atoms with Crippen LogP contribution in [0.2, 0.25) is 0 Å². The molecule has 0 spiro atoms. The van der Waals surface area contributed by atoms with E-state index in [0.29, 0.717) is 18.6 Å². The van der Waals surface area contributed by atoms with Gasteiger partial charge in [-0.25, -0.2) is 4.98 Å². The Balaban J connectivity index is 1.64. The molecule has 0 aliphatic carbocycles. The van der Waals surface area contributed by atoms with Gasteiger partial charge in [-0.1, -0.05) is 12.6 Å². The average Bonchev–Trinajstić information content (AvgIpc) is 3.10. The average molecular weight is 541 g/mol. The number of alkyl halides is 3. The van der Waals surface area contributed by atoms with E-state index in [1.807, 2.05) is 30.8 Å². The topological polar surface area (TPSA) is 73.7 Å². The SMILES string of the molecule is C=CC(=O)N1CCCC[C@@H](n2c(NC(=O)c3cccc(C(F)(F)F)c3)nc3ccc4c(c32)N(C)CCN4C)C1. The molecule has 39 heavy (non-hydrogen) atoms. The molecule has 1 N–H and O–H groups in total. The number of rotatable bonds is 4. The van der Waals surface area contributed by atoms with Crippen molar-refractivity contribution in [1.29, 1.82) is 0 Å². The van der Waals surface area contributed by atoms with Gasteiger partial charge >= 0.3 is 6.18 Å². The molecule has 1 aromatic heterocycles. The molecule has 3 aromatic rings. The number of nitrogens with zero attached hydrogens (tertiary/aromatic N) is 5. The number of anilines is 3. The molecular formula is C28H31F3N6O2. The van der Waals surface area contributed by atoms with Crippen molar-refractivity contribution < 1.29 is 22.8 Å². The van der Waals surface area contributed by atoms with E-state index in [0.717, 1.165) is 61.4 Å². The number of carbonyl (C=O) groups excluding carboxylic acids is 2. The van der Waals surface area contributed by atoms with Gasteiger partial charge in [0.05, 0.1) is 34.0 Å². The third-order valence-corrected chi connectivity index (χ3v) is 7.54. The van der Waals surface area contributed by atoms with Gasteiger partial charge in [-0.05, 0) is 55.7 Å². The Labute approximate surface area is 224 Å². The Morgan fingerprint density at radius 1 is 1.08 bits per heavy atom. The van der Waals surface area contributed by atoms with Crippen LogP contribution in [0.4, 0.5) is 30.5 Å². The number of imidazole rings is 1. The number of hydrogen-bond donors (Lipinski definition) is 1. The number of fused-ring (bicyclic) bond motifs is 3. The minimum atomic E-state index is -4.57. The van der Waals surface area contributed by atoms with Crippen molar-refractivity contribution in [1.82, 2.24) is 14.5 Å². The minimum Gasteiger partial charge on any atom is -0.371 e. The highest BCUT2D eigenvalue weighted by atomic mass is 19.4. The van der Waals surface area contributed by atoms with Crippen LogP contribution in [-0.4, -0.2) is 66.5 Å². The molecule has 2 amide bonds. The molecule has 2 aliphatic rings. The maximum atomic E-state index is 13.3. The van der Waals surface area contributed by atoms with E-state index in [9.17, 15) is 22.8 Å². The normalized spacial score (nSPS) is 18.1. The fourth-order valence-corrected chi connectivity index (χ4v) is 5.49. The maximum Gasteiger partial charge on any atom is 0.416 e. The first kappa shape index (κ1) is 26.6. The molecule has 1 fully saturated rings. The van der Waals surface area contributed by atoms with Crippen LogP contribution in [-0.2, 0) is 11.0 Å². The molecule has 3 heterocycles. The van der Waals surface area contributed by atoms with Crippen LogP contribution < -0.4 is 15.1 Å².